The Bertz CT molecular complexity index is 520. The largest absolute Gasteiger partial charge is 0.481 e. The van der Waals surface area contributed by atoms with Crippen LogP contribution in [0.15, 0.2) is 30.5 Å². The molecule has 15 heavy (non-hydrogen) atoms. The van der Waals surface area contributed by atoms with E-state index in [9.17, 15) is 4.79 Å². The summed E-state index contributed by atoms with van der Waals surface area (Å²) in [5, 5.41) is 9.77. The van der Waals surface area contributed by atoms with E-state index >= 15 is 0 Å². The first-order chi connectivity index (χ1) is 7.18. The SMILES string of the molecule is Cc1c(CC(=O)O)ccc2ncccc12. The van der Waals surface area contributed by atoms with E-state index < -0.39 is 5.97 Å². The zero-order valence-corrected chi connectivity index (χ0v) is 8.40. The van der Waals surface area contributed by atoms with Gasteiger partial charge in [-0.25, -0.2) is 0 Å². The molecule has 0 saturated carbocycles. The van der Waals surface area contributed by atoms with E-state index in [1.807, 2.05) is 31.2 Å². The van der Waals surface area contributed by atoms with Crippen molar-refractivity contribution in [1.29, 1.82) is 0 Å². The molecule has 2 aromatic rings. The fourth-order valence-corrected chi connectivity index (χ4v) is 1.70. The van der Waals surface area contributed by atoms with Gasteiger partial charge < -0.3 is 5.11 Å². The second-order valence-electron chi connectivity index (χ2n) is 3.49. The number of fused-ring (bicyclic) bond motifs is 1. The Balaban J connectivity index is 2.59. The van der Waals surface area contributed by atoms with Crippen molar-refractivity contribution in [1.82, 2.24) is 4.98 Å². The first-order valence-corrected chi connectivity index (χ1v) is 4.73. The number of rotatable bonds is 2. The van der Waals surface area contributed by atoms with Gasteiger partial charge in [-0.2, -0.15) is 0 Å². The zero-order chi connectivity index (χ0) is 10.8. The maximum atomic E-state index is 10.6. The van der Waals surface area contributed by atoms with Crippen molar-refractivity contribution in [2.24, 2.45) is 0 Å². The second-order valence-corrected chi connectivity index (χ2v) is 3.49. The minimum Gasteiger partial charge on any atom is -0.481 e. The van der Waals surface area contributed by atoms with Gasteiger partial charge in [0.2, 0.25) is 0 Å². The van der Waals surface area contributed by atoms with Crippen LogP contribution in [0.4, 0.5) is 0 Å². The molecule has 0 radical (unpaired) electrons. The molecule has 3 nitrogen and oxygen atoms in total. The Kier molecular flexibility index (Phi) is 2.37. The number of aromatic nitrogens is 1. The van der Waals surface area contributed by atoms with Crippen LogP contribution in [-0.4, -0.2) is 16.1 Å². The van der Waals surface area contributed by atoms with Gasteiger partial charge in [-0.1, -0.05) is 12.1 Å². The summed E-state index contributed by atoms with van der Waals surface area (Å²) in [5.74, 6) is -0.804. The number of hydrogen-bond donors (Lipinski definition) is 1. The minimum absolute atomic E-state index is 0.0661. The second kappa shape index (κ2) is 3.69. The monoisotopic (exact) mass is 201 g/mol. The van der Waals surface area contributed by atoms with Crippen LogP contribution in [0.25, 0.3) is 10.9 Å². The molecule has 0 aliphatic rings. The van der Waals surface area contributed by atoms with Crippen LogP contribution >= 0.6 is 0 Å². The summed E-state index contributed by atoms with van der Waals surface area (Å²) in [5.41, 5.74) is 2.76. The topological polar surface area (TPSA) is 50.2 Å². The Morgan fingerprint density at radius 2 is 2.20 bits per heavy atom. The maximum absolute atomic E-state index is 10.6. The number of benzene rings is 1. The van der Waals surface area contributed by atoms with Crippen LogP contribution < -0.4 is 0 Å². The van der Waals surface area contributed by atoms with Crippen LogP contribution in [-0.2, 0) is 11.2 Å². The summed E-state index contributed by atoms with van der Waals surface area (Å²) in [7, 11) is 0. The van der Waals surface area contributed by atoms with Crippen molar-refractivity contribution in [3.05, 3.63) is 41.6 Å². The molecular formula is C12H11NO2. The molecule has 0 aliphatic heterocycles. The van der Waals surface area contributed by atoms with Crippen molar-refractivity contribution in [3.63, 3.8) is 0 Å². The van der Waals surface area contributed by atoms with Gasteiger partial charge in [0.25, 0.3) is 0 Å². The van der Waals surface area contributed by atoms with Crippen LogP contribution in [0.3, 0.4) is 0 Å². The molecule has 76 valence electrons. The lowest BCUT2D eigenvalue weighted by molar-refractivity contribution is -0.136. The maximum Gasteiger partial charge on any atom is 0.307 e. The Labute approximate surface area is 87.4 Å². The highest BCUT2D eigenvalue weighted by atomic mass is 16.4. The summed E-state index contributed by atoms with van der Waals surface area (Å²) in [6.45, 7) is 1.93. The van der Waals surface area contributed by atoms with E-state index in [1.54, 1.807) is 6.20 Å². The first-order valence-electron chi connectivity index (χ1n) is 4.73. The molecule has 0 atom stereocenters. The molecule has 0 spiro atoms. The third-order valence-electron chi connectivity index (χ3n) is 2.51. The van der Waals surface area contributed by atoms with Gasteiger partial charge in [-0.05, 0) is 30.2 Å². The number of aliphatic carboxylic acids is 1. The average Bonchev–Trinajstić information content (AvgIpc) is 2.22. The van der Waals surface area contributed by atoms with Crippen molar-refractivity contribution in [3.8, 4) is 0 Å². The highest BCUT2D eigenvalue weighted by molar-refractivity contribution is 5.84. The summed E-state index contributed by atoms with van der Waals surface area (Å²) in [4.78, 5) is 14.9. The van der Waals surface area contributed by atoms with E-state index in [1.165, 1.54) is 0 Å². The fourth-order valence-electron chi connectivity index (χ4n) is 1.70. The lowest BCUT2D eigenvalue weighted by Gasteiger charge is -2.06. The molecule has 1 heterocycles. The molecule has 3 heteroatoms. The number of nitrogens with zero attached hydrogens (tertiary/aromatic N) is 1. The van der Waals surface area contributed by atoms with Crippen molar-refractivity contribution in [2.45, 2.75) is 13.3 Å². The van der Waals surface area contributed by atoms with Gasteiger partial charge in [0.1, 0.15) is 0 Å². The van der Waals surface area contributed by atoms with Crippen LogP contribution in [0.1, 0.15) is 11.1 Å². The van der Waals surface area contributed by atoms with Crippen LogP contribution in [0.5, 0.6) is 0 Å². The molecule has 0 amide bonds. The van der Waals surface area contributed by atoms with Gasteiger partial charge in [-0.3, -0.25) is 9.78 Å². The minimum atomic E-state index is -0.804. The molecule has 1 N–H and O–H groups in total. The van der Waals surface area contributed by atoms with Crippen LogP contribution in [0.2, 0.25) is 0 Å². The normalized spacial score (nSPS) is 10.5. The number of hydrogen-bond acceptors (Lipinski definition) is 2. The molecule has 1 aromatic carbocycles. The summed E-state index contributed by atoms with van der Waals surface area (Å²) in [6.07, 6.45) is 1.80. The Morgan fingerprint density at radius 1 is 1.40 bits per heavy atom. The van der Waals surface area contributed by atoms with Crippen LogP contribution in [0, 0.1) is 6.92 Å². The number of pyridine rings is 1. The predicted octanol–water partition coefficient (Wildman–Crippen LogP) is 2.17. The van der Waals surface area contributed by atoms with E-state index in [0.717, 1.165) is 22.0 Å². The molecule has 0 saturated heterocycles. The number of aryl methyl sites for hydroxylation is 1. The van der Waals surface area contributed by atoms with Crippen molar-refractivity contribution in [2.75, 3.05) is 0 Å². The standard InChI is InChI=1S/C12H11NO2/c1-8-9(7-12(14)15)4-5-11-10(8)3-2-6-13-11/h2-6H,7H2,1H3,(H,14,15). The first kappa shape index (κ1) is 9.65. The lowest BCUT2D eigenvalue weighted by atomic mass is 10.0. The summed E-state index contributed by atoms with van der Waals surface area (Å²) < 4.78 is 0. The number of carboxylic acids is 1. The quantitative estimate of drug-likeness (QED) is 0.810. The summed E-state index contributed by atoms with van der Waals surface area (Å²) in [6, 6.07) is 7.52. The molecule has 2 rings (SSSR count). The smallest absolute Gasteiger partial charge is 0.307 e. The third kappa shape index (κ3) is 1.81. The molecule has 1 aromatic heterocycles. The molecule has 0 unspecified atom stereocenters. The Hall–Kier alpha value is -1.90. The van der Waals surface area contributed by atoms with E-state index in [-0.39, 0.29) is 6.42 Å². The van der Waals surface area contributed by atoms with E-state index in [2.05, 4.69) is 4.98 Å². The molecular weight excluding hydrogens is 190 g/mol. The van der Waals surface area contributed by atoms with Crippen molar-refractivity contribution < 1.29 is 9.90 Å². The van der Waals surface area contributed by atoms with Gasteiger partial charge >= 0.3 is 5.97 Å². The fraction of sp³-hybridized carbons (Fsp3) is 0.167. The Morgan fingerprint density at radius 3 is 2.93 bits per heavy atom. The third-order valence-corrected chi connectivity index (χ3v) is 2.51. The van der Waals surface area contributed by atoms with E-state index in [0.29, 0.717) is 0 Å². The van der Waals surface area contributed by atoms with Gasteiger partial charge in [0.15, 0.2) is 0 Å². The van der Waals surface area contributed by atoms with Gasteiger partial charge in [0, 0.05) is 11.6 Å². The summed E-state index contributed by atoms with van der Waals surface area (Å²) >= 11 is 0. The zero-order valence-electron chi connectivity index (χ0n) is 8.40. The number of carboxylic acid groups (broad SMARTS) is 1. The average molecular weight is 201 g/mol. The van der Waals surface area contributed by atoms with Gasteiger partial charge in [0.05, 0.1) is 11.9 Å². The lowest BCUT2D eigenvalue weighted by Crippen LogP contribution is -2.02. The molecule has 0 aliphatic carbocycles. The number of carbonyl (C=O) groups is 1. The van der Waals surface area contributed by atoms with Gasteiger partial charge in [-0.15, -0.1) is 0 Å². The molecule has 0 bridgehead atoms. The van der Waals surface area contributed by atoms with Crippen molar-refractivity contribution >= 4 is 16.9 Å². The molecule has 0 fully saturated rings. The highest BCUT2D eigenvalue weighted by Crippen LogP contribution is 2.20. The van der Waals surface area contributed by atoms with E-state index in [4.69, 9.17) is 5.11 Å². The predicted molar refractivity (Wildman–Crippen MR) is 57.8 cm³/mol. The highest BCUT2D eigenvalue weighted by Gasteiger charge is 2.06.